The largest absolute Gasteiger partial charge is 0.480 e. The lowest BCUT2D eigenvalue weighted by atomic mass is 9.82. The van der Waals surface area contributed by atoms with Crippen LogP contribution in [0.3, 0.4) is 0 Å². The number of rotatable bonds is 4. The lowest BCUT2D eigenvalue weighted by molar-refractivity contribution is -0.152. The van der Waals surface area contributed by atoms with Gasteiger partial charge in [-0.1, -0.05) is 32.1 Å². The Kier molecular flexibility index (Phi) is 4.08. The van der Waals surface area contributed by atoms with Crippen molar-refractivity contribution >= 4 is 5.97 Å². The smallest absolute Gasteiger partial charge is 0.324 e. The fraction of sp³-hybridized carbons (Fsp3) is 0.929. The molecule has 2 fully saturated rings. The standard InChI is InChI=1S/C14H25NO2/c1-15(11-12-7-6-8-12)14(13(16)17)9-4-2-3-5-10-14/h12H,2-11H2,1H3,(H,16,17). The Labute approximate surface area is 104 Å². The van der Waals surface area contributed by atoms with Gasteiger partial charge in [0.05, 0.1) is 0 Å². The SMILES string of the molecule is CN(CC1CCC1)C1(C(=O)O)CCCCCC1. The number of hydrogen-bond donors (Lipinski definition) is 1. The van der Waals surface area contributed by atoms with Gasteiger partial charge in [-0.05, 0) is 38.6 Å². The van der Waals surface area contributed by atoms with E-state index in [4.69, 9.17) is 0 Å². The maximum atomic E-state index is 11.7. The predicted octanol–water partition coefficient (Wildman–Crippen LogP) is 2.90. The molecule has 0 radical (unpaired) electrons. The van der Waals surface area contributed by atoms with E-state index in [0.29, 0.717) is 0 Å². The fourth-order valence-corrected chi connectivity index (χ4v) is 3.31. The molecule has 0 bridgehead atoms. The second-order valence-corrected chi connectivity index (χ2v) is 5.93. The Hall–Kier alpha value is -0.570. The minimum atomic E-state index is -0.596. The van der Waals surface area contributed by atoms with Crippen molar-refractivity contribution in [1.82, 2.24) is 4.90 Å². The van der Waals surface area contributed by atoms with E-state index in [2.05, 4.69) is 4.90 Å². The molecule has 3 heteroatoms. The molecule has 0 saturated heterocycles. The fourth-order valence-electron chi connectivity index (χ4n) is 3.31. The van der Waals surface area contributed by atoms with Crippen LogP contribution in [-0.4, -0.2) is 35.1 Å². The molecule has 0 spiro atoms. The summed E-state index contributed by atoms with van der Waals surface area (Å²) in [5.41, 5.74) is -0.563. The van der Waals surface area contributed by atoms with Crippen LogP contribution < -0.4 is 0 Å². The summed E-state index contributed by atoms with van der Waals surface area (Å²) < 4.78 is 0. The van der Waals surface area contributed by atoms with Gasteiger partial charge in [0.1, 0.15) is 5.54 Å². The normalized spacial score (nSPS) is 25.3. The van der Waals surface area contributed by atoms with Crippen LogP contribution in [0.25, 0.3) is 0 Å². The molecule has 0 atom stereocenters. The maximum Gasteiger partial charge on any atom is 0.324 e. The highest BCUT2D eigenvalue weighted by Crippen LogP contribution is 2.35. The van der Waals surface area contributed by atoms with E-state index in [-0.39, 0.29) is 0 Å². The summed E-state index contributed by atoms with van der Waals surface area (Å²) in [7, 11) is 2.03. The van der Waals surface area contributed by atoms with Crippen LogP contribution in [0.2, 0.25) is 0 Å². The Morgan fingerprint density at radius 3 is 2.18 bits per heavy atom. The van der Waals surface area contributed by atoms with Crippen molar-refractivity contribution in [1.29, 1.82) is 0 Å². The number of carboxylic acids is 1. The first-order valence-corrected chi connectivity index (χ1v) is 7.10. The Morgan fingerprint density at radius 2 is 1.76 bits per heavy atom. The number of likely N-dealkylation sites (N-methyl/N-ethyl adjacent to an activating group) is 1. The van der Waals surface area contributed by atoms with Crippen molar-refractivity contribution in [2.45, 2.75) is 63.3 Å². The van der Waals surface area contributed by atoms with E-state index in [1.165, 1.54) is 32.1 Å². The summed E-state index contributed by atoms with van der Waals surface area (Å²) >= 11 is 0. The van der Waals surface area contributed by atoms with Crippen LogP contribution in [-0.2, 0) is 4.79 Å². The number of nitrogens with zero attached hydrogens (tertiary/aromatic N) is 1. The van der Waals surface area contributed by atoms with E-state index < -0.39 is 11.5 Å². The molecular formula is C14H25NO2. The third-order valence-corrected chi connectivity index (χ3v) is 4.82. The van der Waals surface area contributed by atoms with Crippen molar-refractivity contribution in [3.63, 3.8) is 0 Å². The third-order valence-electron chi connectivity index (χ3n) is 4.82. The van der Waals surface area contributed by atoms with Crippen LogP contribution in [0, 0.1) is 5.92 Å². The second kappa shape index (κ2) is 5.38. The zero-order chi connectivity index (χ0) is 12.3. The molecule has 0 unspecified atom stereocenters. The van der Waals surface area contributed by atoms with Crippen LogP contribution in [0.5, 0.6) is 0 Å². The average molecular weight is 239 g/mol. The first kappa shape index (κ1) is 12.9. The summed E-state index contributed by atoms with van der Waals surface area (Å²) in [6, 6.07) is 0. The van der Waals surface area contributed by atoms with Crippen LogP contribution in [0.4, 0.5) is 0 Å². The van der Waals surface area contributed by atoms with E-state index in [1.54, 1.807) is 0 Å². The van der Waals surface area contributed by atoms with Crippen LogP contribution in [0.15, 0.2) is 0 Å². The molecule has 17 heavy (non-hydrogen) atoms. The molecule has 1 N–H and O–H groups in total. The lowest BCUT2D eigenvalue weighted by Crippen LogP contribution is -2.54. The molecule has 0 aromatic rings. The summed E-state index contributed by atoms with van der Waals surface area (Å²) in [4.78, 5) is 13.9. The number of carbonyl (C=O) groups is 1. The van der Waals surface area contributed by atoms with E-state index in [0.717, 1.165) is 38.1 Å². The molecule has 98 valence electrons. The molecular weight excluding hydrogens is 214 g/mol. The number of hydrogen-bond acceptors (Lipinski definition) is 2. The van der Waals surface area contributed by atoms with Gasteiger partial charge in [-0.2, -0.15) is 0 Å². The van der Waals surface area contributed by atoms with Crippen molar-refractivity contribution in [3.05, 3.63) is 0 Å². The van der Waals surface area contributed by atoms with Gasteiger partial charge < -0.3 is 5.11 Å². The summed E-state index contributed by atoms with van der Waals surface area (Å²) in [6.07, 6.45) is 10.1. The number of carboxylic acid groups (broad SMARTS) is 1. The average Bonchev–Trinajstić information content (AvgIpc) is 2.49. The minimum Gasteiger partial charge on any atom is -0.480 e. The van der Waals surface area contributed by atoms with Gasteiger partial charge in [0.2, 0.25) is 0 Å². The maximum absolute atomic E-state index is 11.7. The highest BCUT2D eigenvalue weighted by Gasteiger charge is 2.43. The van der Waals surface area contributed by atoms with Gasteiger partial charge in [-0.25, -0.2) is 0 Å². The zero-order valence-corrected chi connectivity index (χ0v) is 11.0. The van der Waals surface area contributed by atoms with E-state index >= 15 is 0 Å². The molecule has 2 aliphatic carbocycles. The molecule has 2 aliphatic rings. The Balaban J connectivity index is 2.04. The second-order valence-electron chi connectivity index (χ2n) is 5.93. The first-order chi connectivity index (χ1) is 8.15. The van der Waals surface area contributed by atoms with Gasteiger partial charge in [0.25, 0.3) is 0 Å². The topological polar surface area (TPSA) is 40.5 Å². The molecule has 0 aromatic carbocycles. The zero-order valence-electron chi connectivity index (χ0n) is 11.0. The quantitative estimate of drug-likeness (QED) is 0.767. The minimum absolute atomic E-state index is 0.563. The highest BCUT2D eigenvalue weighted by atomic mass is 16.4. The van der Waals surface area contributed by atoms with E-state index in [1.807, 2.05) is 7.05 Å². The lowest BCUT2D eigenvalue weighted by Gasteiger charge is -2.41. The molecule has 2 saturated carbocycles. The first-order valence-electron chi connectivity index (χ1n) is 7.10. The van der Waals surface area contributed by atoms with Crippen LogP contribution in [0.1, 0.15) is 57.8 Å². The van der Waals surface area contributed by atoms with Gasteiger partial charge in [-0.15, -0.1) is 0 Å². The van der Waals surface area contributed by atoms with Crippen molar-refractivity contribution < 1.29 is 9.90 Å². The van der Waals surface area contributed by atoms with Gasteiger partial charge in [-0.3, -0.25) is 9.69 Å². The Bertz CT molecular complexity index is 265. The summed E-state index contributed by atoms with van der Waals surface area (Å²) in [6.45, 7) is 0.978. The third kappa shape index (κ3) is 2.65. The molecule has 0 aliphatic heterocycles. The summed E-state index contributed by atoms with van der Waals surface area (Å²) in [5, 5.41) is 9.65. The number of aliphatic carboxylic acids is 1. The molecule has 0 aromatic heterocycles. The molecule has 2 rings (SSSR count). The predicted molar refractivity (Wildman–Crippen MR) is 68.0 cm³/mol. The van der Waals surface area contributed by atoms with Gasteiger partial charge in [0.15, 0.2) is 0 Å². The monoisotopic (exact) mass is 239 g/mol. The highest BCUT2D eigenvalue weighted by molar-refractivity contribution is 5.78. The van der Waals surface area contributed by atoms with Crippen molar-refractivity contribution in [2.75, 3.05) is 13.6 Å². The summed E-state index contributed by atoms with van der Waals surface area (Å²) in [5.74, 6) is 0.153. The molecule has 0 heterocycles. The van der Waals surface area contributed by atoms with Crippen molar-refractivity contribution in [3.8, 4) is 0 Å². The van der Waals surface area contributed by atoms with Crippen molar-refractivity contribution in [2.24, 2.45) is 5.92 Å². The molecule has 0 amide bonds. The van der Waals surface area contributed by atoms with Gasteiger partial charge in [0, 0.05) is 6.54 Å². The van der Waals surface area contributed by atoms with E-state index in [9.17, 15) is 9.90 Å². The van der Waals surface area contributed by atoms with Crippen LogP contribution >= 0.6 is 0 Å². The Morgan fingerprint density at radius 1 is 1.18 bits per heavy atom. The molecule has 3 nitrogen and oxygen atoms in total. The van der Waals surface area contributed by atoms with Gasteiger partial charge >= 0.3 is 5.97 Å².